The van der Waals surface area contributed by atoms with E-state index in [9.17, 15) is 58.2 Å². The number of hydrogen-bond donors (Lipinski definition) is 5. The number of phenols is 2. The zero-order chi connectivity index (χ0) is 34.8. The number of carbonyl (C=O) groups is 4. The van der Waals surface area contributed by atoms with Crippen molar-refractivity contribution in [2.75, 3.05) is 26.2 Å². The van der Waals surface area contributed by atoms with Gasteiger partial charge in [-0.05, 0) is 66.4 Å². The van der Waals surface area contributed by atoms with Crippen LogP contribution in [0.2, 0.25) is 0 Å². The van der Waals surface area contributed by atoms with Crippen LogP contribution in [0.25, 0.3) is 0 Å². The minimum atomic E-state index is -4.46. The fourth-order valence-electron chi connectivity index (χ4n) is 5.73. The third-order valence-electron chi connectivity index (χ3n) is 7.56. The van der Waals surface area contributed by atoms with Gasteiger partial charge in [-0.3, -0.25) is 24.2 Å². The summed E-state index contributed by atoms with van der Waals surface area (Å²) < 4.78 is 33.0. The number of rotatable bonds is 14. The molecular weight excluding hydrogens is 663 g/mol. The van der Waals surface area contributed by atoms with E-state index in [0.29, 0.717) is 0 Å². The Bertz CT molecular complexity index is 1750. The summed E-state index contributed by atoms with van der Waals surface area (Å²) in [5.41, 5.74) is -1.08. The number of aryl methyl sites for hydroxylation is 2. The quantitative estimate of drug-likeness (QED) is 0.0854. The molecule has 1 aliphatic heterocycles. The average molecular weight is 695 g/mol. The fraction of sp³-hybridized carbons (Fsp3) is 0.290. The molecule has 48 heavy (non-hydrogen) atoms. The molecule has 4 rings (SSSR count). The van der Waals surface area contributed by atoms with E-state index < -0.39 is 72.3 Å². The van der Waals surface area contributed by atoms with Gasteiger partial charge in [0.1, 0.15) is 16.4 Å². The molecule has 1 unspecified atom stereocenters. The monoisotopic (exact) mass is 694 g/mol. The Morgan fingerprint density at radius 3 is 1.58 bits per heavy atom. The Hall–Kier alpha value is -4.03. The van der Waals surface area contributed by atoms with Gasteiger partial charge in [0, 0.05) is 36.3 Å². The molecule has 0 saturated heterocycles. The van der Waals surface area contributed by atoms with Crippen molar-refractivity contribution >= 4 is 34.0 Å². The van der Waals surface area contributed by atoms with E-state index in [-0.39, 0.29) is 91.4 Å². The molecule has 0 fully saturated rings. The molecule has 0 saturated carbocycles. The van der Waals surface area contributed by atoms with Crippen LogP contribution in [0.4, 0.5) is 0 Å². The fourth-order valence-corrected chi connectivity index (χ4v) is 7.16. The topological polar surface area (TPSA) is 242 Å². The van der Waals surface area contributed by atoms with Crippen molar-refractivity contribution in [3.63, 3.8) is 0 Å². The van der Waals surface area contributed by atoms with Crippen LogP contribution < -0.4 is 34.7 Å². The van der Waals surface area contributed by atoms with Gasteiger partial charge in [0.2, 0.25) is 0 Å². The molecule has 17 heteroatoms. The SMILES string of the molecule is Cc1cc(C2(c3cc(C)c(O)c(CN(CC(=O)O)CC(=O)O)c3)OS(=O)(=O)c3ccccc32)cc(CN(CC(=O)[O-])CC(=O)O)c1O.[Na+]. The van der Waals surface area contributed by atoms with Gasteiger partial charge < -0.3 is 35.4 Å². The second-order valence-corrected chi connectivity index (χ2v) is 12.7. The third kappa shape index (κ3) is 8.15. The summed E-state index contributed by atoms with van der Waals surface area (Å²) in [6.07, 6.45) is 0. The van der Waals surface area contributed by atoms with Gasteiger partial charge in [-0.1, -0.05) is 18.2 Å². The summed E-state index contributed by atoms with van der Waals surface area (Å²) in [7, 11) is -4.46. The summed E-state index contributed by atoms with van der Waals surface area (Å²) in [4.78, 5) is 47.6. The first kappa shape index (κ1) is 38.4. The molecule has 1 atom stereocenters. The Kier molecular flexibility index (Phi) is 12.0. The Morgan fingerprint density at radius 1 is 0.750 bits per heavy atom. The van der Waals surface area contributed by atoms with Crippen molar-refractivity contribution in [2.24, 2.45) is 0 Å². The maximum atomic E-state index is 13.5. The van der Waals surface area contributed by atoms with E-state index >= 15 is 0 Å². The number of carbonyl (C=O) groups excluding carboxylic acids is 1. The maximum Gasteiger partial charge on any atom is 1.00 e. The smallest absolute Gasteiger partial charge is 0.549 e. The molecule has 0 aromatic heterocycles. The van der Waals surface area contributed by atoms with Crippen LogP contribution >= 0.6 is 0 Å². The van der Waals surface area contributed by atoms with Gasteiger partial charge >= 0.3 is 47.5 Å². The molecule has 5 N–H and O–H groups in total. The summed E-state index contributed by atoms with van der Waals surface area (Å²) in [5.74, 6) is -6.17. The molecule has 3 aromatic carbocycles. The molecule has 0 amide bonds. The Morgan fingerprint density at radius 2 is 1.17 bits per heavy atom. The number of hydrogen-bond acceptors (Lipinski definition) is 12. The van der Waals surface area contributed by atoms with Gasteiger partial charge in [0.15, 0.2) is 5.60 Å². The molecule has 0 aliphatic carbocycles. The first-order chi connectivity index (χ1) is 21.9. The van der Waals surface area contributed by atoms with Crippen molar-refractivity contribution in [1.82, 2.24) is 9.80 Å². The molecule has 1 heterocycles. The van der Waals surface area contributed by atoms with Crippen LogP contribution in [-0.2, 0) is 52.2 Å². The van der Waals surface area contributed by atoms with Crippen LogP contribution in [-0.4, -0.2) is 93.8 Å². The van der Waals surface area contributed by atoms with Crippen molar-refractivity contribution in [1.29, 1.82) is 0 Å². The molecule has 3 aromatic rings. The van der Waals surface area contributed by atoms with Crippen molar-refractivity contribution in [3.8, 4) is 11.5 Å². The minimum absolute atomic E-state index is 0. The summed E-state index contributed by atoms with van der Waals surface area (Å²) in [5, 5.41) is 61.3. The molecule has 15 nitrogen and oxygen atoms in total. The van der Waals surface area contributed by atoms with E-state index in [4.69, 9.17) is 4.18 Å². The van der Waals surface area contributed by atoms with E-state index in [2.05, 4.69) is 0 Å². The summed E-state index contributed by atoms with van der Waals surface area (Å²) >= 11 is 0. The first-order valence-electron chi connectivity index (χ1n) is 14.0. The first-order valence-corrected chi connectivity index (χ1v) is 15.4. The molecule has 250 valence electrons. The van der Waals surface area contributed by atoms with Gasteiger partial charge in [-0.25, -0.2) is 4.18 Å². The zero-order valence-corrected chi connectivity index (χ0v) is 29.0. The predicted molar refractivity (Wildman–Crippen MR) is 159 cm³/mol. The molecular formula is C31H31N2NaO13S. The van der Waals surface area contributed by atoms with Crippen molar-refractivity contribution < 1.29 is 92.0 Å². The molecule has 0 spiro atoms. The Balaban J connectivity index is 0.00000625. The van der Waals surface area contributed by atoms with Crippen molar-refractivity contribution in [3.05, 3.63) is 87.5 Å². The van der Waals surface area contributed by atoms with E-state index in [0.717, 1.165) is 9.80 Å². The van der Waals surface area contributed by atoms with E-state index in [1.54, 1.807) is 6.07 Å². The number of fused-ring (bicyclic) bond motifs is 1. The van der Waals surface area contributed by atoms with Gasteiger partial charge in [-0.2, -0.15) is 8.42 Å². The van der Waals surface area contributed by atoms with Gasteiger partial charge in [0.25, 0.3) is 10.1 Å². The van der Waals surface area contributed by atoms with Crippen LogP contribution in [0, 0.1) is 13.8 Å². The number of aliphatic carboxylic acids is 4. The van der Waals surface area contributed by atoms with Gasteiger partial charge in [-0.15, -0.1) is 0 Å². The number of phenolic OH excluding ortho intramolecular Hbond substituents is 2. The number of carboxylic acid groups (broad SMARTS) is 4. The molecule has 1 aliphatic rings. The minimum Gasteiger partial charge on any atom is -0.549 e. The standard InChI is InChI=1S/C31H32N2O13S.Na/c1-17-7-21(9-19(29(17)42)11-32(13-25(34)35)14-26(36)37)31(23-5-3-4-6-24(23)47(44,45)46-31)22-8-18(2)30(43)20(10-22)12-33(15-27(38)39)16-28(40)41;/h3-10,42-43H,11-16H2,1-2H3,(H,34,35)(H,36,37)(H,38,39)(H,40,41);/q;+1/p-1. The van der Waals surface area contributed by atoms with Crippen LogP contribution in [0.3, 0.4) is 0 Å². The number of aromatic hydroxyl groups is 2. The normalized spacial score (nSPS) is 16.3. The Labute approximate surface area is 297 Å². The van der Waals surface area contributed by atoms with Crippen LogP contribution in [0.1, 0.15) is 38.9 Å². The molecule has 0 radical (unpaired) electrons. The molecule has 0 bridgehead atoms. The largest absolute Gasteiger partial charge is 1.00 e. The van der Waals surface area contributed by atoms with Crippen molar-refractivity contribution in [2.45, 2.75) is 37.4 Å². The van der Waals surface area contributed by atoms with Crippen LogP contribution in [0.5, 0.6) is 11.5 Å². The summed E-state index contributed by atoms with van der Waals surface area (Å²) in [6.45, 7) is -0.658. The number of nitrogens with zero attached hydrogens (tertiary/aromatic N) is 2. The second-order valence-electron chi connectivity index (χ2n) is 11.2. The zero-order valence-electron chi connectivity index (χ0n) is 26.2. The van der Waals surface area contributed by atoms with E-state index in [1.807, 2.05) is 0 Å². The maximum absolute atomic E-state index is 13.5. The second kappa shape index (κ2) is 15.0. The van der Waals surface area contributed by atoms with Crippen LogP contribution in [0.15, 0.2) is 53.4 Å². The van der Waals surface area contributed by atoms with E-state index in [1.165, 1.54) is 56.3 Å². The predicted octanol–water partition coefficient (Wildman–Crippen LogP) is -2.66. The number of carboxylic acids is 4. The number of benzene rings is 3. The average Bonchev–Trinajstić information content (AvgIpc) is 3.20. The third-order valence-corrected chi connectivity index (χ3v) is 8.92. The van der Waals surface area contributed by atoms with Gasteiger partial charge in [0.05, 0.1) is 25.6 Å². The summed E-state index contributed by atoms with van der Waals surface area (Å²) in [6, 6.07) is 11.5.